The van der Waals surface area contributed by atoms with E-state index >= 15 is 0 Å². The van der Waals surface area contributed by atoms with Gasteiger partial charge in [-0.3, -0.25) is 4.79 Å². The van der Waals surface area contributed by atoms with Gasteiger partial charge in [-0.05, 0) is 49.2 Å². The van der Waals surface area contributed by atoms with Gasteiger partial charge in [-0.2, -0.15) is 0 Å². The van der Waals surface area contributed by atoms with Crippen LogP contribution in [0.4, 0.5) is 0 Å². The summed E-state index contributed by atoms with van der Waals surface area (Å²) in [5.74, 6) is 1.10. The van der Waals surface area contributed by atoms with Gasteiger partial charge < -0.3 is 14.5 Å². The molecule has 1 saturated heterocycles. The summed E-state index contributed by atoms with van der Waals surface area (Å²) in [7, 11) is 1.69. The molecule has 2 heterocycles. The summed E-state index contributed by atoms with van der Waals surface area (Å²) < 4.78 is 5.21. The van der Waals surface area contributed by atoms with Crippen molar-refractivity contribution in [2.24, 2.45) is 0 Å². The van der Waals surface area contributed by atoms with Crippen molar-refractivity contribution in [1.82, 2.24) is 4.90 Å². The second-order valence-electron chi connectivity index (χ2n) is 6.61. The zero-order chi connectivity index (χ0) is 17.8. The number of ether oxygens (including phenoxy) is 1. The number of rotatable bonds is 5. The lowest BCUT2D eigenvalue weighted by atomic mass is 10.2. The predicted molar refractivity (Wildman–Crippen MR) is 102 cm³/mol. The van der Waals surface area contributed by atoms with Gasteiger partial charge in [0.1, 0.15) is 12.3 Å². The van der Waals surface area contributed by atoms with E-state index < -0.39 is 0 Å². The number of amides is 1. The van der Waals surface area contributed by atoms with E-state index in [1.54, 1.807) is 18.4 Å². The van der Waals surface area contributed by atoms with Crippen molar-refractivity contribution >= 4 is 17.2 Å². The molecule has 0 bridgehead atoms. The minimum Gasteiger partial charge on any atom is -0.497 e. The first kappa shape index (κ1) is 18.0. The van der Waals surface area contributed by atoms with Crippen molar-refractivity contribution in [3.8, 4) is 5.75 Å². The van der Waals surface area contributed by atoms with Crippen molar-refractivity contribution < 1.29 is 14.4 Å². The Labute approximate surface area is 154 Å². The smallest absolute Gasteiger partial charge is 0.264 e. The fourth-order valence-corrected chi connectivity index (χ4v) is 4.45. The van der Waals surface area contributed by atoms with E-state index in [1.807, 2.05) is 17.0 Å². The lowest BCUT2D eigenvalue weighted by molar-refractivity contribution is -0.917. The first-order valence-corrected chi connectivity index (χ1v) is 9.77. The third kappa shape index (κ3) is 4.22. The largest absolute Gasteiger partial charge is 0.497 e. The van der Waals surface area contributed by atoms with Crippen LogP contribution in [0.25, 0.3) is 0 Å². The topological polar surface area (TPSA) is 34.0 Å². The van der Waals surface area contributed by atoms with Crippen LogP contribution >= 0.6 is 11.3 Å². The number of piperazine rings is 1. The normalized spacial score (nSPS) is 15.4. The van der Waals surface area contributed by atoms with Crippen LogP contribution in [0.5, 0.6) is 5.75 Å². The lowest BCUT2D eigenvalue weighted by Crippen LogP contribution is -3.13. The van der Waals surface area contributed by atoms with Gasteiger partial charge in [0.25, 0.3) is 5.91 Å². The number of thiophene rings is 1. The van der Waals surface area contributed by atoms with Crippen molar-refractivity contribution in [3.05, 3.63) is 51.2 Å². The first-order valence-electron chi connectivity index (χ1n) is 8.95. The highest BCUT2D eigenvalue weighted by Gasteiger charge is 2.25. The molecule has 1 aromatic heterocycles. The molecule has 0 atom stereocenters. The Hall–Kier alpha value is -1.85. The highest BCUT2D eigenvalue weighted by atomic mass is 32.1. The van der Waals surface area contributed by atoms with E-state index in [0.717, 1.165) is 49.8 Å². The number of nitrogens with one attached hydrogen (secondary N) is 1. The van der Waals surface area contributed by atoms with Gasteiger partial charge in [-0.1, -0.05) is 6.92 Å². The summed E-state index contributed by atoms with van der Waals surface area (Å²) >= 11 is 1.64. The summed E-state index contributed by atoms with van der Waals surface area (Å²) in [6.07, 6.45) is 0.995. The van der Waals surface area contributed by atoms with Crippen LogP contribution in [-0.4, -0.2) is 44.1 Å². The van der Waals surface area contributed by atoms with Gasteiger partial charge in [0, 0.05) is 10.4 Å². The van der Waals surface area contributed by atoms with Crippen LogP contribution in [0.1, 0.15) is 32.6 Å². The van der Waals surface area contributed by atoms with Crippen molar-refractivity contribution in [2.45, 2.75) is 26.8 Å². The van der Waals surface area contributed by atoms with E-state index in [4.69, 9.17) is 4.74 Å². The van der Waals surface area contributed by atoms with E-state index in [0.29, 0.717) is 0 Å². The molecule has 0 spiro atoms. The number of hydrogen-bond acceptors (Lipinski definition) is 3. The SMILES string of the molecule is CCc1cc(C(=O)N2CC[NH+](Cc3ccc(OC)cc3)CC2)sc1C. The first-order chi connectivity index (χ1) is 12.1. The van der Waals surface area contributed by atoms with Crippen molar-refractivity contribution in [2.75, 3.05) is 33.3 Å². The third-order valence-electron chi connectivity index (χ3n) is 4.98. The van der Waals surface area contributed by atoms with Gasteiger partial charge >= 0.3 is 0 Å². The Kier molecular flexibility index (Phi) is 5.76. The summed E-state index contributed by atoms with van der Waals surface area (Å²) in [6, 6.07) is 10.4. The average molecular weight is 360 g/mol. The molecule has 1 aromatic carbocycles. The van der Waals surface area contributed by atoms with Crippen LogP contribution in [0, 0.1) is 6.92 Å². The third-order valence-corrected chi connectivity index (χ3v) is 6.06. The Morgan fingerprint density at radius 2 is 1.92 bits per heavy atom. The number of carbonyl (C=O) groups is 1. The van der Waals surface area contributed by atoms with E-state index in [-0.39, 0.29) is 5.91 Å². The van der Waals surface area contributed by atoms with Crippen LogP contribution in [0.3, 0.4) is 0 Å². The number of hydrogen-bond donors (Lipinski definition) is 1. The molecule has 2 aromatic rings. The van der Waals surface area contributed by atoms with Crippen LogP contribution in [0.15, 0.2) is 30.3 Å². The zero-order valence-electron chi connectivity index (χ0n) is 15.3. The maximum atomic E-state index is 12.7. The fraction of sp³-hybridized carbons (Fsp3) is 0.450. The van der Waals surface area contributed by atoms with Crippen molar-refractivity contribution in [3.63, 3.8) is 0 Å². The zero-order valence-corrected chi connectivity index (χ0v) is 16.1. The molecule has 4 nitrogen and oxygen atoms in total. The molecule has 1 amide bonds. The van der Waals surface area contributed by atoms with Crippen LogP contribution in [0.2, 0.25) is 0 Å². The molecule has 0 aliphatic carbocycles. The van der Waals surface area contributed by atoms with Gasteiger partial charge in [-0.15, -0.1) is 11.3 Å². The number of quaternary nitrogens is 1. The van der Waals surface area contributed by atoms with Gasteiger partial charge in [0.2, 0.25) is 0 Å². The molecule has 1 fully saturated rings. The Balaban J connectivity index is 1.54. The second-order valence-corrected chi connectivity index (χ2v) is 7.87. The Morgan fingerprint density at radius 1 is 1.24 bits per heavy atom. The number of methoxy groups -OCH3 is 1. The van der Waals surface area contributed by atoms with Gasteiger partial charge in [-0.25, -0.2) is 0 Å². The monoisotopic (exact) mass is 359 g/mol. The van der Waals surface area contributed by atoms with Gasteiger partial charge in [0.15, 0.2) is 0 Å². The van der Waals surface area contributed by atoms with E-state index in [1.165, 1.54) is 20.9 Å². The summed E-state index contributed by atoms with van der Waals surface area (Å²) in [4.78, 5) is 18.4. The fourth-order valence-electron chi connectivity index (χ4n) is 3.37. The predicted octanol–water partition coefficient (Wildman–Crippen LogP) is 2.17. The highest BCUT2D eigenvalue weighted by Crippen LogP contribution is 2.23. The Bertz CT molecular complexity index is 716. The molecule has 1 aliphatic rings. The molecule has 0 saturated carbocycles. The molecule has 5 heteroatoms. The molecule has 3 rings (SSSR count). The summed E-state index contributed by atoms with van der Waals surface area (Å²) in [6.45, 7) is 8.93. The molecular weight excluding hydrogens is 332 g/mol. The van der Waals surface area contributed by atoms with Crippen LogP contribution < -0.4 is 9.64 Å². The van der Waals surface area contributed by atoms with E-state index in [9.17, 15) is 4.79 Å². The highest BCUT2D eigenvalue weighted by molar-refractivity contribution is 7.14. The summed E-state index contributed by atoms with van der Waals surface area (Å²) in [5.41, 5.74) is 2.62. The molecule has 1 aliphatic heterocycles. The minimum atomic E-state index is 0.205. The molecule has 0 unspecified atom stereocenters. The minimum absolute atomic E-state index is 0.205. The Morgan fingerprint density at radius 3 is 2.48 bits per heavy atom. The quantitative estimate of drug-likeness (QED) is 0.888. The maximum Gasteiger partial charge on any atom is 0.264 e. The molecule has 0 radical (unpaired) electrons. The van der Waals surface area contributed by atoms with Gasteiger partial charge in [0.05, 0.1) is 38.2 Å². The second kappa shape index (κ2) is 8.02. The molecule has 134 valence electrons. The average Bonchev–Trinajstić information content (AvgIpc) is 3.03. The van der Waals surface area contributed by atoms with Crippen LogP contribution in [-0.2, 0) is 13.0 Å². The number of aryl methyl sites for hydroxylation is 2. The molecule has 25 heavy (non-hydrogen) atoms. The number of nitrogens with zero attached hydrogens (tertiary/aromatic N) is 1. The number of carbonyl (C=O) groups excluding carboxylic acids is 1. The standard InChI is InChI=1S/C20H26N2O2S/c1-4-17-13-19(25-15(17)2)20(23)22-11-9-21(10-12-22)14-16-5-7-18(24-3)8-6-16/h5-8,13H,4,9-12,14H2,1-3H3/p+1. The van der Waals surface area contributed by atoms with Crippen molar-refractivity contribution in [1.29, 1.82) is 0 Å². The van der Waals surface area contributed by atoms with E-state index in [2.05, 4.69) is 32.0 Å². The lowest BCUT2D eigenvalue weighted by Gasteiger charge is -2.32. The molecule has 1 N–H and O–H groups in total. The maximum absolute atomic E-state index is 12.7. The molecular formula is C20H27N2O2S+. The summed E-state index contributed by atoms with van der Waals surface area (Å²) in [5, 5.41) is 0. The number of benzene rings is 1.